The third-order valence-corrected chi connectivity index (χ3v) is 9.07. The minimum absolute atomic E-state index is 0.115. The number of hydrogen-bond donors (Lipinski definition) is 2. The number of rotatable bonds is 9. The van der Waals surface area contributed by atoms with E-state index in [-0.39, 0.29) is 18.2 Å². The van der Waals surface area contributed by atoms with Gasteiger partial charge in [-0.1, -0.05) is 90.5 Å². The standard InChI is InChI=1S/C35H26ClN3O2S2/c36-28-14-10-23(11-15-28)20-32(40)37-29-16-18-30(19-17-29)43-33(25-7-2-1-3-8-25)34(41)39-35-38-31(22-42-35)27-13-12-24-6-4-5-9-26(24)21-27/h1-19,21-22,33H,20H2,(H,37,40)(H,38,39,41). The average molecular weight is 620 g/mol. The molecule has 0 saturated carbocycles. The van der Waals surface area contributed by atoms with Gasteiger partial charge in [-0.15, -0.1) is 23.1 Å². The molecule has 43 heavy (non-hydrogen) atoms. The number of nitrogens with one attached hydrogen (secondary N) is 2. The van der Waals surface area contributed by atoms with Crippen LogP contribution in [0.1, 0.15) is 16.4 Å². The van der Waals surface area contributed by atoms with Crippen molar-refractivity contribution >= 4 is 68.1 Å². The highest BCUT2D eigenvalue weighted by atomic mass is 35.5. The van der Waals surface area contributed by atoms with Gasteiger partial charge in [-0.25, -0.2) is 4.98 Å². The highest BCUT2D eigenvalue weighted by molar-refractivity contribution is 8.00. The zero-order chi connectivity index (χ0) is 29.6. The minimum atomic E-state index is -0.500. The summed E-state index contributed by atoms with van der Waals surface area (Å²) in [4.78, 5) is 31.7. The van der Waals surface area contributed by atoms with Crippen LogP contribution in [0, 0.1) is 0 Å². The maximum absolute atomic E-state index is 13.6. The molecule has 6 aromatic rings. The number of fused-ring (bicyclic) bond motifs is 1. The summed E-state index contributed by atoms with van der Waals surface area (Å²) in [5.41, 5.74) is 4.29. The highest BCUT2D eigenvalue weighted by Gasteiger charge is 2.23. The molecule has 0 bridgehead atoms. The Kier molecular flexibility index (Phi) is 8.84. The van der Waals surface area contributed by atoms with Crippen LogP contribution in [0.3, 0.4) is 0 Å². The van der Waals surface area contributed by atoms with Crippen molar-refractivity contribution in [2.75, 3.05) is 10.6 Å². The van der Waals surface area contributed by atoms with E-state index in [9.17, 15) is 9.59 Å². The fourth-order valence-corrected chi connectivity index (χ4v) is 6.50. The monoisotopic (exact) mass is 619 g/mol. The van der Waals surface area contributed by atoms with E-state index in [4.69, 9.17) is 16.6 Å². The summed E-state index contributed by atoms with van der Waals surface area (Å²) in [5, 5.41) is 10.9. The van der Waals surface area contributed by atoms with Gasteiger partial charge in [0.15, 0.2) is 5.13 Å². The lowest BCUT2D eigenvalue weighted by atomic mass is 10.1. The Morgan fingerprint density at radius 2 is 1.51 bits per heavy atom. The normalized spacial score (nSPS) is 11.7. The second-order valence-corrected chi connectivity index (χ2v) is 12.3. The van der Waals surface area contributed by atoms with E-state index in [2.05, 4.69) is 41.0 Å². The van der Waals surface area contributed by atoms with Crippen molar-refractivity contribution in [2.24, 2.45) is 0 Å². The SMILES string of the molecule is O=C(Cc1ccc(Cl)cc1)Nc1ccc(SC(C(=O)Nc2nc(-c3ccc4ccccc4c3)cs2)c2ccccc2)cc1. The smallest absolute Gasteiger partial charge is 0.244 e. The number of carbonyl (C=O) groups excluding carboxylic acids is 2. The Hall–Kier alpha value is -4.43. The summed E-state index contributed by atoms with van der Waals surface area (Å²) >= 11 is 8.79. The number of amides is 2. The molecule has 212 valence electrons. The summed E-state index contributed by atoms with van der Waals surface area (Å²) in [6, 6.07) is 38.9. The molecule has 1 unspecified atom stereocenters. The Balaban J connectivity index is 1.14. The molecule has 1 aromatic heterocycles. The molecule has 1 atom stereocenters. The summed E-state index contributed by atoms with van der Waals surface area (Å²) in [5.74, 6) is -0.272. The molecule has 1 heterocycles. The molecule has 0 aliphatic carbocycles. The number of aromatic nitrogens is 1. The molecule has 0 spiro atoms. The number of anilines is 2. The van der Waals surface area contributed by atoms with Crippen molar-refractivity contribution in [3.8, 4) is 11.3 Å². The first kappa shape index (κ1) is 28.7. The van der Waals surface area contributed by atoms with Crippen LogP contribution in [-0.2, 0) is 16.0 Å². The van der Waals surface area contributed by atoms with Crippen LogP contribution < -0.4 is 10.6 Å². The van der Waals surface area contributed by atoms with Crippen LogP contribution >= 0.6 is 34.7 Å². The summed E-state index contributed by atoms with van der Waals surface area (Å²) in [6.45, 7) is 0. The first-order valence-corrected chi connectivity index (χ1v) is 15.8. The first-order valence-electron chi connectivity index (χ1n) is 13.6. The number of hydrogen-bond acceptors (Lipinski definition) is 5. The quantitative estimate of drug-likeness (QED) is 0.158. The van der Waals surface area contributed by atoms with Gasteiger partial charge in [-0.2, -0.15) is 0 Å². The number of benzene rings is 5. The van der Waals surface area contributed by atoms with Crippen LogP contribution in [0.15, 0.2) is 132 Å². The summed E-state index contributed by atoms with van der Waals surface area (Å²) < 4.78 is 0. The van der Waals surface area contributed by atoms with E-state index in [1.54, 1.807) is 12.1 Å². The van der Waals surface area contributed by atoms with Gasteiger partial charge >= 0.3 is 0 Å². The van der Waals surface area contributed by atoms with E-state index in [0.717, 1.165) is 32.7 Å². The molecule has 0 fully saturated rings. The largest absolute Gasteiger partial charge is 0.326 e. The Morgan fingerprint density at radius 3 is 2.28 bits per heavy atom. The van der Waals surface area contributed by atoms with Crippen molar-refractivity contribution in [3.63, 3.8) is 0 Å². The molecule has 0 aliphatic rings. The molecule has 0 saturated heterocycles. The van der Waals surface area contributed by atoms with Crippen LogP contribution in [0.2, 0.25) is 5.02 Å². The zero-order valence-corrected chi connectivity index (χ0v) is 25.3. The molecule has 6 rings (SSSR count). The molecule has 2 N–H and O–H groups in total. The summed E-state index contributed by atoms with van der Waals surface area (Å²) in [6.07, 6.45) is 0.253. The predicted octanol–water partition coefficient (Wildman–Crippen LogP) is 9.27. The molecule has 2 amide bonds. The highest BCUT2D eigenvalue weighted by Crippen LogP contribution is 2.37. The Bertz CT molecular complexity index is 1870. The van der Waals surface area contributed by atoms with Gasteiger partial charge in [0.05, 0.1) is 12.1 Å². The number of halogens is 1. The fourth-order valence-electron chi connectivity index (χ4n) is 4.63. The Labute approximate surface area is 263 Å². The van der Waals surface area contributed by atoms with Crippen LogP contribution in [-0.4, -0.2) is 16.8 Å². The molecule has 5 aromatic carbocycles. The first-order chi connectivity index (χ1) is 21.0. The van der Waals surface area contributed by atoms with Crippen LogP contribution in [0.5, 0.6) is 0 Å². The van der Waals surface area contributed by atoms with E-state index in [1.165, 1.54) is 28.5 Å². The molecule has 5 nitrogen and oxygen atoms in total. The predicted molar refractivity (Wildman–Crippen MR) is 179 cm³/mol. The van der Waals surface area contributed by atoms with Gasteiger partial charge in [-0.3, -0.25) is 9.59 Å². The number of thioether (sulfide) groups is 1. The molecule has 8 heteroatoms. The average Bonchev–Trinajstić information content (AvgIpc) is 3.50. The van der Waals surface area contributed by atoms with Crippen molar-refractivity contribution in [1.82, 2.24) is 4.98 Å². The lowest BCUT2D eigenvalue weighted by Gasteiger charge is -2.16. The number of nitrogens with zero attached hydrogens (tertiary/aromatic N) is 1. The number of thiazole rings is 1. The topological polar surface area (TPSA) is 71.1 Å². The summed E-state index contributed by atoms with van der Waals surface area (Å²) in [7, 11) is 0. The third-order valence-electron chi connectivity index (χ3n) is 6.79. The molecular formula is C35H26ClN3O2S2. The third kappa shape index (κ3) is 7.32. The van der Waals surface area contributed by atoms with Crippen LogP contribution in [0.25, 0.3) is 22.0 Å². The van der Waals surface area contributed by atoms with Gasteiger partial charge in [0.25, 0.3) is 0 Å². The van der Waals surface area contributed by atoms with Crippen molar-refractivity contribution in [3.05, 3.63) is 143 Å². The minimum Gasteiger partial charge on any atom is -0.326 e. The lowest BCUT2D eigenvalue weighted by molar-refractivity contribution is -0.116. The van der Waals surface area contributed by atoms with E-state index in [1.807, 2.05) is 84.2 Å². The van der Waals surface area contributed by atoms with Gasteiger partial charge in [0.2, 0.25) is 11.8 Å². The van der Waals surface area contributed by atoms with Gasteiger partial charge in [0.1, 0.15) is 5.25 Å². The van der Waals surface area contributed by atoms with Crippen molar-refractivity contribution in [1.29, 1.82) is 0 Å². The molecule has 0 aliphatic heterocycles. The Morgan fingerprint density at radius 1 is 0.791 bits per heavy atom. The van der Waals surface area contributed by atoms with Gasteiger partial charge < -0.3 is 10.6 Å². The lowest BCUT2D eigenvalue weighted by Crippen LogP contribution is -2.19. The van der Waals surface area contributed by atoms with Gasteiger partial charge in [-0.05, 0) is 64.4 Å². The second kappa shape index (κ2) is 13.3. The maximum atomic E-state index is 13.6. The fraction of sp³-hybridized carbons (Fsp3) is 0.0571. The van der Waals surface area contributed by atoms with Crippen molar-refractivity contribution < 1.29 is 9.59 Å². The number of carbonyl (C=O) groups is 2. The van der Waals surface area contributed by atoms with Crippen molar-refractivity contribution in [2.45, 2.75) is 16.6 Å². The van der Waals surface area contributed by atoms with E-state index in [0.29, 0.717) is 15.8 Å². The van der Waals surface area contributed by atoms with Gasteiger partial charge in [0, 0.05) is 26.5 Å². The maximum Gasteiger partial charge on any atom is 0.244 e. The van der Waals surface area contributed by atoms with E-state index < -0.39 is 5.25 Å². The molecule has 0 radical (unpaired) electrons. The second-order valence-electron chi connectivity index (χ2n) is 9.87. The van der Waals surface area contributed by atoms with E-state index >= 15 is 0 Å². The molecular weight excluding hydrogens is 594 g/mol. The zero-order valence-electron chi connectivity index (χ0n) is 22.9. The van der Waals surface area contributed by atoms with Crippen LogP contribution in [0.4, 0.5) is 10.8 Å².